The Hall–Kier alpha value is -3.37. The second-order valence-corrected chi connectivity index (χ2v) is 14.6. The molecular weight excluding hydrogens is 522 g/mol. The number of rotatable bonds is 5. The van der Waals surface area contributed by atoms with Crippen LogP contribution >= 0.6 is 0 Å². The molecule has 10 heteroatoms. The van der Waals surface area contributed by atoms with Gasteiger partial charge >= 0.3 is 0 Å². The molecule has 1 saturated heterocycles. The predicted octanol–water partition coefficient (Wildman–Crippen LogP) is 3.95. The Morgan fingerprint density at radius 1 is 0.868 bits per heavy atom. The summed E-state index contributed by atoms with van der Waals surface area (Å²) in [6, 6.07) is 13.2. The molecule has 38 heavy (non-hydrogen) atoms. The zero-order valence-electron chi connectivity index (χ0n) is 21.5. The normalized spacial score (nSPS) is 17.0. The third-order valence-electron chi connectivity index (χ3n) is 7.99. The number of aromatic nitrogens is 2. The Morgan fingerprint density at radius 2 is 1.55 bits per heavy atom. The van der Waals surface area contributed by atoms with Crippen LogP contribution in [0, 0.1) is 12.3 Å². The molecule has 198 valence electrons. The Balaban J connectivity index is 1.60. The topological polar surface area (TPSA) is 98.4 Å². The van der Waals surface area contributed by atoms with Crippen molar-refractivity contribution in [3.05, 3.63) is 76.8 Å². The summed E-state index contributed by atoms with van der Waals surface area (Å²) in [5.74, 6) is 0. The molecule has 2 aromatic carbocycles. The Bertz CT molecular complexity index is 1880. The molecule has 1 spiro atoms. The summed E-state index contributed by atoms with van der Waals surface area (Å²) in [5, 5.41) is 0.455. The Kier molecular flexibility index (Phi) is 5.46. The van der Waals surface area contributed by atoms with Gasteiger partial charge in [0.2, 0.25) is 0 Å². The van der Waals surface area contributed by atoms with E-state index in [4.69, 9.17) is 0 Å². The number of benzene rings is 2. The molecule has 2 aliphatic rings. The Morgan fingerprint density at radius 3 is 2.18 bits per heavy atom. The molecule has 2 fully saturated rings. The minimum Gasteiger partial charge on any atom is -0.370 e. The van der Waals surface area contributed by atoms with Crippen molar-refractivity contribution in [2.75, 3.05) is 24.2 Å². The summed E-state index contributed by atoms with van der Waals surface area (Å²) in [4.78, 5) is 15.9. The number of hydrogen-bond donors (Lipinski definition) is 0. The molecule has 2 aromatic heterocycles. The van der Waals surface area contributed by atoms with Gasteiger partial charge in [0.25, 0.3) is 15.6 Å². The standard InChI is InChI=1S/C28H29N3O5S2/c1-19-4-6-20(7-5-19)38(35,36)31-14-10-22-24(17-29(2)27(32)26(22)31)23-16-21(37(3,33)34)8-9-25(23)30-15-13-28(18-30)11-12-28/h4-10,14,16-17H,11-13,15,18H2,1-3H3. The molecular formula is C28H29N3O5S2. The van der Waals surface area contributed by atoms with Gasteiger partial charge < -0.3 is 9.47 Å². The zero-order chi connectivity index (χ0) is 27.0. The van der Waals surface area contributed by atoms with E-state index in [0.717, 1.165) is 34.7 Å². The van der Waals surface area contributed by atoms with Crippen molar-refractivity contribution in [2.24, 2.45) is 12.5 Å². The van der Waals surface area contributed by atoms with Crippen LogP contribution in [-0.4, -0.2) is 44.7 Å². The summed E-state index contributed by atoms with van der Waals surface area (Å²) in [6.45, 7) is 3.63. The van der Waals surface area contributed by atoms with E-state index < -0.39 is 25.4 Å². The molecule has 3 heterocycles. The third-order valence-corrected chi connectivity index (χ3v) is 10.8. The summed E-state index contributed by atoms with van der Waals surface area (Å²) in [6.07, 6.45) is 7.73. The highest BCUT2D eigenvalue weighted by molar-refractivity contribution is 7.90. The minimum atomic E-state index is -4.04. The molecule has 0 radical (unpaired) electrons. The first-order valence-electron chi connectivity index (χ1n) is 12.5. The largest absolute Gasteiger partial charge is 0.370 e. The smallest absolute Gasteiger partial charge is 0.275 e. The average Bonchev–Trinajstić information content (AvgIpc) is 3.27. The highest BCUT2D eigenvalue weighted by atomic mass is 32.2. The maximum absolute atomic E-state index is 13.6. The molecule has 1 aliphatic carbocycles. The van der Waals surface area contributed by atoms with Gasteiger partial charge in [0.15, 0.2) is 9.84 Å². The molecule has 4 aromatic rings. The molecule has 8 nitrogen and oxygen atoms in total. The van der Waals surface area contributed by atoms with E-state index in [1.807, 2.05) is 13.0 Å². The monoisotopic (exact) mass is 551 g/mol. The van der Waals surface area contributed by atoms with Crippen LogP contribution in [0.15, 0.2) is 75.5 Å². The van der Waals surface area contributed by atoms with Crippen LogP contribution in [-0.2, 0) is 26.9 Å². The van der Waals surface area contributed by atoms with E-state index in [9.17, 15) is 21.6 Å². The molecule has 0 atom stereocenters. The number of aryl methyl sites for hydroxylation is 2. The van der Waals surface area contributed by atoms with E-state index in [2.05, 4.69) is 4.90 Å². The fourth-order valence-corrected chi connectivity index (χ4v) is 7.52. The maximum Gasteiger partial charge on any atom is 0.275 e. The van der Waals surface area contributed by atoms with E-state index >= 15 is 0 Å². The van der Waals surface area contributed by atoms with Crippen LogP contribution in [0.4, 0.5) is 5.69 Å². The quantitative estimate of drug-likeness (QED) is 0.373. The van der Waals surface area contributed by atoms with E-state index in [1.165, 1.54) is 42.0 Å². The third kappa shape index (κ3) is 3.97. The second-order valence-electron chi connectivity index (χ2n) is 10.8. The van der Waals surface area contributed by atoms with Crippen LogP contribution in [0.3, 0.4) is 0 Å². The van der Waals surface area contributed by atoms with Gasteiger partial charge in [-0.15, -0.1) is 0 Å². The summed E-state index contributed by atoms with van der Waals surface area (Å²) < 4.78 is 54.6. The average molecular weight is 552 g/mol. The van der Waals surface area contributed by atoms with Gasteiger partial charge in [-0.3, -0.25) is 4.79 Å². The molecule has 0 N–H and O–H groups in total. The van der Waals surface area contributed by atoms with Crippen molar-refractivity contribution in [2.45, 2.75) is 36.0 Å². The van der Waals surface area contributed by atoms with Gasteiger partial charge in [-0.25, -0.2) is 20.8 Å². The maximum atomic E-state index is 13.6. The number of anilines is 1. The van der Waals surface area contributed by atoms with E-state index in [1.54, 1.807) is 43.6 Å². The van der Waals surface area contributed by atoms with Crippen LogP contribution in [0.5, 0.6) is 0 Å². The lowest BCUT2D eigenvalue weighted by Crippen LogP contribution is -2.23. The molecule has 0 bridgehead atoms. The number of sulfone groups is 1. The van der Waals surface area contributed by atoms with Crippen molar-refractivity contribution < 1.29 is 16.8 Å². The van der Waals surface area contributed by atoms with Crippen LogP contribution < -0.4 is 10.5 Å². The summed E-state index contributed by atoms with van der Waals surface area (Å²) in [7, 11) is -5.97. The zero-order valence-corrected chi connectivity index (χ0v) is 23.1. The van der Waals surface area contributed by atoms with Gasteiger partial charge in [-0.05, 0) is 68.0 Å². The second kappa shape index (κ2) is 8.31. The van der Waals surface area contributed by atoms with Crippen molar-refractivity contribution in [1.29, 1.82) is 0 Å². The van der Waals surface area contributed by atoms with Gasteiger partial charge in [0.05, 0.1) is 9.79 Å². The highest BCUT2D eigenvalue weighted by Gasteiger charge is 2.48. The number of hydrogen-bond acceptors (Lipinski definition) is 6. The first-order valence-corrected chi connectivity index (χ1v) is 15.9. The lowest BCUT2D eigenvalue weighted by molar-refractivity contribution is 0.581. The minimum absolute atomic E-state index is 0.0290. The van der Waals surface area contributed by atoms with E-state index in [0.29, 0.717) is 21.9 Å². The molecule has 0 unspecified atom stereocenters. The van der Waals surface area contributed by atoms with Crippen LogP contribution in [0.25, 0.3) is 22.0 Å². The lowest BCUT2D eigenvalue weighted by Gasteiger charge is -2.23. The molecule has 1 aliphatic heterocycles. The SMILES string of the molecule is Cc1ccc(S(=O)(=O)n2ccc3c(-c4cc(S(C)(=O)=O)ccc4N4CCC5(CC5)C4)cn(C)c(=O)c32)cc1. The van der Waals surface area contributed by atoms with Crippen molar-refractivity contribution in [3.8, 4) is 11.1 Å². The number of pyridine rings is 1. The predicted molar refractivity (Wildman–Crippen MR) is 148 cm³/mol. The van der Waals surface area contributed by atoms with Gasteiger partial charge in [-0.2, -0.15) is 0 Å². The first-order chi connectivity index (χ1) is 17.9. The van der Waals surface area contributed by atoms with Crippen molar-refractivity contribution in [1.82, 2.24) is 8.54 Å². The number of nitrogens with zero attached hydrogens (tertiary/aromatic N) is 3. The highest BCUT2D eigenvalue weighted by Crippen LogP contribution is 2.54. The van der Waals surface area contributed by atoms with E-state index in [-0.39, 0.29) is 15.3 Å². The fourth-order valence-electron chi connectivity index (χ4n) is 5.53. The van der Waals surface area contributed by atoms with Gasteiger partial charge in [-0.1, -0.05) is 17.7 Å². The van der Waals surface area contributed by atoms with Gasteiger partial charge in [0, 0.05) is 61.0 Å². The van der Waals surface area contributed by atoms with Crippen LogP contribution in [0.1, 0.15) is 24.8 Å². The molecule has 0 amide bonds. The summed E-state index contributed by atoms with van der Waals surface area (Å²) >= 11 is 0. The molecule has 1 saturated carbocycles. The molecule has 6 rings (SSSR count). The lowest BCUT2D eigenvalue weighted by atomic mass is 10.0. The Labute approximate surface area is 222 Å². The van der Waals surface area contributed by atoms with Crippen molar-refractivity contribution >= 4 is 36.5 Å². The summed E-state index contributed by atoms with van der Waals surface area (Å²) in [5.41, 5.74) is 3.00. The fraction of sp³-hybridized carbons (Fsp3) is 0.321. The van der Waals surface area contributed by atoms with Crippen molar-refractivity contribution in [3.63, 3.8) is 0 Å². The first kappa shape index (κ1) is 24.9. The van der Waals surface area contributed by atoms with Crippen LogP contribution in [0.2, 0.25) is 0 Å². The number of fused-ring (bicyclic) bond motifs is 1. The van der Waals surface area contributed by atoms with Gasteiger partial charge in [0.1, 0.15) is 5.52 Å².